The van der Waals surface area contributed by atoms with Crippen molar-refractivity contribution < 1.29 is 9.21 Å². The van der Waals surface area contributed by atoms with Crippen LogP contribution < -0.4 is 5.32 Å². The van der Waals surface area contributed by atoms with E-state index in [1.807, 2.05) is 25.1 Å². The zero-order valence-corrected chi connectivity index (χ0v) is 12.4. The van der Waals surface area contributed by atoms with Gasteiger partial charge in [0.25, 0.3) is 0 Å². The van der Waals surface area contributed by atoms with E-state index in [-0.39, 0.29) is 11.8 Å². The van der Waals surface area contributed by atoms with Crippen LogP contribution in [0.25, 0.3) is 11.1 Å². The van der Waals surface area contributed by atoms with Crippen molar-refractivity contribution in [3.63, 3.8) is 0 Å². The second kappa shape index (κ2) is 6.55. The molecule has 1 N–H and O–H groups in total. The third-order valence-electron chi connectivity index (χ3n) is 3.53. The number of fused-ring (bicyclic) bond motifs is 1. The number of nitrogens with one attached hydrogen (secondary N) is 1. The number of hydrogen-bond donors (Lipinski definition) is 1. The number of anilines is 1. The van der Waals surface area contributed by atoms with Crippen LogP contribution >= 0.6 is 0 Å². The fourth-order valence-corrected chi connectivity index (χ4v) is 2.34. The highest BCUT2D eigenvalue weighted by atomic mass is 16.3. The van der Waals surface area contributed by atoms with E-state index in [0.717, 1.165) is 42.5 Å². The zero-order chi connectivity index (χ0) is 14.5. The van der Waals surface area contributed by atoms with Gasteiger partial charge in [0.05, 0.1) is 0 Å². The zero-order valence-electron chi connectivity index (χ0n) is 12.4. The van der Waals surface area contributed by atoms with E-state index >= 15 is 0 Å². The first-order chi connectivity index (χ1) is 9.63. The maximum Gasteiger partial charge on any atom is 0.227 e. The Balaban J connectivity index is 2.08. The number of nitrogens with zero attached hydrogens (tertiary/aromatic N) is 1. The molecule has 0 fully saturated rings. The first-order valence-corrected chi connectivity index (χ1v) is 7.32. The number of hydrogen-bond acceptors (Lipinski definition) is 3. The van der Waals surface area contributed by atoms with Crippen molar-refractivity contribution in [3.05, 3.63) is 24.1 Å². The molecule has 0 aliphatic rings. The van der Waals surface area contributed by atoms with Crippen LogP contribution in [0.4, 0.5) is 5.69 Å². The lowest BCUT2D eigenvalue weighted by Crippen LogP contribution is -2.22. The summed E-state index contributed by atoms with van der Waals surface area (Å²) in [7, 11) is 0. The summed E-state index contributed by atoms with van der Waals surface area (Å²) >= 11 is 0. The summed E-state index contributed by atoms with van der Waals surface area (Å²) in [5.41, 5.74) is 2.31. The Labute approximate surface area is 119 Å². The van der Waals surface area contributed by atoms with Crippen LogP contribution in [0.2, 0.25) is 0 Å². The highest BCUT2D eigenvalue weighted by Crippen LogP contribution is 2.21. The first kappa shape index (κ1) is 14.6. The molecule has 0 spiro atoms. The molecule has 0 aliphatic carbocycles. The number of aromatic nitrogens is 1. The lowest BCUT2D eigenvalue weighted by Gasteiger charge is -2.14. The van der Waals surface area contributed by atoms with Crippen molar-refractivity contribution >= 4 is 22.7 Å². The third kappa shape index (κ3) is 3.38. The molecule has 1 atom stereocenters. The topological polar surface area (TPSA) is 55.1 Å². The number of unbranched alkanes of at least 4 members (excludes halogenated alkanes) is 1. The van der Waals surface area contributed by atoms with E-state index in [1.165, 1.54) is 0 Å². The number of aryl methyl sites for hydroxylation is 1. The van der Waals surface area contributed by atoms with Gasteiger partial charge in [0, 0.05) is 18.5 Å². The van der Waals surface area contributed by atoms with E-state index in [2.05, 4.69) is 24.1 Å². The van der Waals surface area contributed by atoms with E-state index in [4.69, 9.17) is 4.42 Å². The Morgan fingerprint density at radius 2 is 2.20 bits per heavy atom. The van der Waals surface area contributed by atoms with Crippen LogP contribution in [0.1, 0.15) is 45.4 Å². The molecule has 0 aliphatic heterocycles. The molecule has 0 radical (unpaired) electrons. The summed E-state index contributed by atoms with van der Waals surface area (Å²) in [6.07, 6.45) is 4.03. The second-order valence-corrected chi connectivity index (χ2v) is 5.15. The normalized spacial score (nSPS) is 12.6. The molecule has 1 amide bonds. The number of oxazole rings is 1. The largest absolute Gasteiger partial charge is 0.441 e. The molecule has 1 aromatic heterocycles. The van der Waals surface area contributed by atoms with Gasteiger partial charge in [-0.15, -0.1) is 0 Å². The van der Waals surface area contributed by atoms with E-state index < -0.39 is 0 Å². The summed E-state index contributed by atoms with van der Waals surface area (Å²) in [5.74, 6) is 0.822. The third-order valence-corrected chi connectivity index (χ3v) is 3.53. The molecule has 4 heteroatoms. The van der Waals surface area contributed by atoms with Crippen molar-refractivity contribution in [2.24, 2.45) is 5.92 Å². The van der Waals surface area contributed by atoms with Crippen molar-refractivity contribution in [3.8, 4) is 0 Å². The summed E-state index contributed by atoms with van der Waals surface area (Å²) in [6.45, 7) is 6.02. The van der Waals surface area contributed by atoms with Gasteiger partial charge in [-0.25, -0.2) is 4.98 Å². The van der Waals surface area contributed by atoms with Crippen molar-refractivity contribution in [1.29, 1.82) is 0 Å². The smallest absolute Gasteiger partial charge is 0.227 e. The summed E-state index contributed by atoms with van der Waals surface area (Å²) in [4.78, 5) is 16.5. The van der Waals surface area contributed by atoms with E-state index in [1.54, 1.807) is 0 Å². The SMILES string of the molecule is CCCCC(CC)C(=O)Nc1ccc2oc(C)nc2c1. The minimum absolute atomic E-state index is 0.0877. The lowest BCUT2D eigenvalue weighted by atomic mass is 9.98. The van der Waals surface area contributed by atoms with Gasteiger partial charge >= 0.3 is 0 Å². The quantitative estimate of drug-likeness (QED) is 0.854. The fourth-order valence-electron chi connectivity index (χ4n) is 2.34. The van der Waals surface area contributed by atoms with Crippen molar-refractivity contribution in [1.82, 2.24) is 4.98 Å². The molecule has 0 saturated carbocycles. The van der Waals surface area contributed by atoms with Gasteiger partial charge in [0.1, 0.15) is 5.52 Å². The molecule has 108 valence electrons. The predicted molar refractivity (Wildman–Crippen MR) is 80.7 cm³/mol. The highest BCUT2D eigenvalue weighted by molar-refractivity contribution is 5.94. The van der Waals surface area contributed by atoms with Crippen LogP contribution in [-0.4, -0.2) is 10.9 Å². The maximum atomic E-state index is 12.2. The standard InChI is InChI=1S/C16H22N2O2/c1-4-6-7-12(5-2)16(19)18-13-8-9-15-14(10-13)17-11(3)20-15/h8-10,12H,4-7H2,1-3H3,(H,18,19). The molecule has 1 unspecified atom stereocenters. The predicted octanol–water partition coefficient (Wildman–Crippen LogP) is 4.29. The average molecular weight is 274 g/mol. The molecule has 1 aromatic carbocycles. The molecule has 2 rings (SSSR count). The van der Waals surface area contributed by atoms with Crippen molar-refractivity contribution in [2.45, 2.75) is 46.5 Å². The van der Waals surface area contributed by atoms with Crippen LogP contribution in [0.3, 0.4) is 0 Å². The first-order valence-electron chi connectivity index (χ1n) is 7.32. The molecular formula is C16H22N2O2. The van der Waals surface area contributed by atoms with Crippen LogP contribution in [0.5, 0.6) is 0 Å². The fraction of sp³-hybridized carbons (Fsp3) is 0.500. The Kier molecular flexibility index (Phi) is 4.77. The van der Waals surface area contributed by atoms with Gasteiger partial charge in [-0.2, -0.15) is 0 Å². The van der Waals surface area contributed by atoms with Gasteiger partial charge in [-0.1, -0.05) is 26.7 Å². The molecule has 0 saturated heterocycles. The van der Waals surface area contributed by atoms with Gasteiger partial charge < -0.3 is 9.73 Å². The number of benzene rings is 1. The van der Waals surface area contributed by atoms with Crippen molar-refractivity contribution in [2.75, 3.05) is 5.32 Å². The Morgan fingerprint density at radius 1 is 1.40 bits per heavy atom. The lowest BCUT2D eigenvalue weighted by molar-refractivity contribution is -0.120. The second-order valence-electron chi connectivity index (χ2n) is 5.15. The number of amides is 1. The molecular weight excluding hydrogens is 252 g/mol. The van der Waals surface area contributed by atoms with E-state index in [0.29, 0.717) is 5.89 Å². The summed E-state index contributed by atoms with van der Waals surface area (Å²) < 4.78 is 5.43. The van der Waals surface area contributed by atoms with Crippen LogP contribution in [0.15, 0.2) is 22.6 Å². The highest BCUT2D eigenvalue weighted by Gasteiger charge is 2.16. The van der Waals surface area contributed by atoms with Gasteiger partial charge in [0.2, 0.25) is 5.91 Å². The number of carbonyl (C=O) groups is 1. The minimum atomic E-state index is 0.0877. The van der Waals surface area contributed by atoms with Gasteiger partial charge in [0.15, 0.2) is 11.5 Å². The van der Waals surface area contributed by atoms with E-state index in [9.17, 15) is 4.79 Å². The Morgan fingerprint density at radius 3 is 2.90 bits per heavy atom. The molecule has 20 heavy (non-hydrogen) atoms. The van der Waals surface area contributed by atoms with Crippen LogP contribution in [0, 0.1) is 12.8 Å². The number of carbonyl (C=O) groups excluding carboxylic acids is 1. The summed E-state index contributed by atoms with van der Waals surface area (Å²) in [6, 6.07) is 5.56. The molecule has 4 nitrogen and oxygen atoms in total. The monoisotopic (exact) mass is 274 g/mol. The summed E-state index contributed by atoms with van der Waals surface area (Å²) in [5, 5.41) is 2.98. The van der Waals surface area contributed by atoms with Gasteiger partial charge in [-0.05, 0) is 31.0 Å². The maximum absolute atomic E-state index is 12.2. The minimum Gasteiger partial charge on any atom is -0.441 e. The average Bonchev–Trinajstić information content (AvgIpc) is 2.79. The molecule has 2 aromatic rings. The molecule has 1 heterocycles. The Bertz CT molecular complexity index is 589. The molecule has 0 bridgehead atoms. The van der Waals surface area contributed by atoms with Gasteiger partial charge in [-0.3, -0.25) is 4.79 Å². The Hall–Kier alpha value is -1.84. The number of rotatable bonds is 6. The van der Waals surface area contributed by atoms with Crippen LogP contribution in [-0.2, 0) is 4.79 Å².